The van der Waals surface area contributed by atoms with E-state index in [1.165, 1.54) is 6.20 Å². The third kappa shape index (κ3) is 3.63. The zero-order chi connectivity index (χ0) is 19.2. The molecule has 0 aliphatic carbocycles. The van der Waals surface area contributed by atoms with Gasteiger partial charge in [0.25, 0.3) is 0 Å². The Morgan fingerprint density at radius 2 is 1.89 bits per heavy atom. The minimum Gasteiger partial charge on any atom is -0.350 e. The number of alkyl halides is 3. The first-order valence-corrected chi connectivity index (χ1v) is 9.01. The second-order valence-corrected chi connectivity index (χ2v) is 7.27. The van der Waals surface area contributed by atoms with Gasteiger partial charge in [0.1, 0.15) is 5.82 Å². The first kappa shape index (κ1) is 18.2. The standard InChI is InChI=1S/C19H20F4N4/c1-11-15(14-3-2-13(8-16(14)20)19(21,22)23)9-24-18(25-11)26-17-10-27-6-4-12(17)5-7-27/h2-3,8-9,12,17H,4-7,10H2,1H3,(H,24,25,26)/t17-/m0/s1. The van der Waals surface area contributed by atoms with Gasteiger partial charge in [-0.3, -0.25) is 0 Å². The van der Waals surface area contributed by atoms with E-state index in [9.17, 15) is 17.6 Å². The number of hydrogen-bond donors (Lipinski definition) is 1. The maximum absolute atomic E-state index is 14.2. The fourth-order valence-corrected chi connectivity index (χ4v) is 4.01. The fraction of sp³-hybridized carbons (Fsp3) is 0.474. The van der Waals surface area contributed by atoms with Gasteiger partial charge in [-0.15, -0.1) is 0 Å². The number of piperidine rings is 3. The number of nitrogens with zero attached hydrogens (tertiary/aromatic N) is 3. The number of nitrogens with one attached hydrogen (secondary N) is 1. The monoisotopic (exact) mass is 380 g/mol. The van der Waals surface area contributed by atoms with Crippen LogP contribution in [0.15, 0.2) is 24.4 Å². The Morgan fingerprint density at radius 3 is 2.44 bits per heavy atom. The summed E-state index contributed by atoms with van der Waals surface area (Å²) < 4.78 is 52.4. The van der Waals surface area contributed by atoms with Crippen molar-refractivity contribution in [2.24, 2.45) is 5.92 Å². The van der Waals surface area contributed by atoms with Crippen LogP contribution >= 0.6 is 0 Å². The molecule has 144 valence electrons. The van der Waals surface area contributed by atoms with Crippen LogP contribution < -0.4 is 5.32 Å². The molecule has 1 aromatic carbocycles. The van der Waals surface area contributed by atoms with Crippen molar-refractivity contribution in [3.05, 3.63) is 41.5 Å². The van der Waals surface area contributed by atoms with Crippen LogP contribution in [-0.4, -0.2) is 40.5 Å². The second kappa shape index (κ2) is 6.74. The van der Waals surface area contributed by atoms with Crippen LogP contribution in [0.2, 0.25) is 0 Å². The molecule has 1 atom stereocenters. The molecule has 27 heavy (non-hydrogen) atoms. The van der Waals surface area contributed by atoms with Gasteiger partial charge < -0.3 is 10.2 Å². The smallest absolute Gasteiger partial charge is 0.350 e. The van der Waals surface area contributed by atoms with Crippen LogP contribution in [0.3, 0.4) is 0 Å². The summed E-state index contributed by atoms with van der Waals surface area (Å²) in [5.74, 6) is 0.142. The van der Waals surface area contributed by atoms with Crippen molar-refractivity contribution in [2.45, 2.75) is 32.0 Å². The lowest BCUT2D eigenvalue weighted by Crippen LogP contribution is -2.53. The van der Waals surface area contributed by atoms with E-state index in [1.807, 2.05) is 0 Å². The topological polar surface area (TPSA) is 41.1 Å². The van der Waals surface area contributed by atoms with Crippen molar-refractivity contribution >= 4 is 5.95 Å². The van der Waals surface area contributed by atoms with Gasteiger partial charge in [0.2, 0.25) is 5.95 Å². The lowest BCUT2D eigenvalue weighted by Gasteiger charge is -2.44. The first-order chi connectivity index (χ1) is 12.8. The number of aryl methyl sites for hydroxylation is 1. The third-order valence-corrected chi connectivity index (χ3v) is 5.54. The Labute approximate surface area is 154 Å². The van der Waals surface area contributed by atoms with Crippen LogP contribution in [0.5, 0.6) is 0 Å². The predicted octanol–water partition coefficient (Wildman–Crippen LogP) is 4.12. The van der Waals surface area contributed by atoms with Crippen LogP contribution in [0.1, 0.15) is 24.1 Å². The number of rotatable bonds is 3. The highest BCUT2D eigenvalue weighted by molar-refractivity contribution is 5.66. The van der Waals surface area contributed by atoms with E-state index >= 15 is 0 Å². The highest BCUT2D eigenvalue weighted by Crippen LogP contribution is 2.34. The predicted molar refractivity (Wildman–Crippen MR) is 93.7 cm³/mol. The van der Waals surface area contributed by atoms with Crippen LogP contribution in [-0.2, 0) is 6.18 Å². The Bertz CT molecular complexity index is 844. The molecular formula is C19H20F4N4. The lowest BCUT2D eigenvalue weighted by atomic mass is 9.84. The van der Waals surface area contributed by atoms with E-state index in [1.54, 1.807) is 6.92 Å². The molecule has 0 saturated carbocycles. The maximum atomic E-state index is 14.2. The molecule has 8 heteroatoms. The summed E-state index contributed by atoms with van der Waals surface area (Å²) in [7, 11) is 0. The molecule has 2 aromatic rings. The summed E-state index contributed by atoms with van der Waals surface area (Å²) in [5, 5.41) is 3.37. The highest BCUT2D eigenvalue weighted by Gasteiger charge is 2.34. The van der Waals surface area contributed by atoms with Gasteiger partial charge >= 0.3 is 6.18 Å². The third-order valence-electron chi connectivity index (χ3n) is 5.54. The number of aromatic nitrogens is 2. The number of halogens is 4. The number of benzene rings is 1. The van der Waals surface area contributed by atoms with Crippen LogP contribution in [0.25, 0.3) is 11.1 Å². The van der Waals surface area contributed by atoms with Crippen LogP contribution in [0.4, 0.5) is 23.5 Å². The molecule has 0 amide bonds. The molecule has 1 N–H and O–H groups in total. The van der Waals surface area contributed by atoms with Gasteiger partial charge in [0.15, 0.2) is 0 Å². The molecular weight excluding hydrogens is 360 g/mol. The summed E-state index contributed by atoms with van der Waals surface area (Å²) in [6.07, 6.45) is -0.789. The van der Waals surface area contributed by atoms with Crippen LogP contribution in [0, 0.1) is 18.7 Å². The summed E-state index contributed by atoms with van der Waals surface area (Å²) in [6, 6.07) is 2.80. The Kier molecular flexibility index (Phi) is 4.53. The van der Waals surface area contributed by atoms with Gasteiger partial charge in [0.05, 0.1) is 11.3 Å². The van der Waals surface area contributed by atoms with E-state index in [0.717, 1.165) is 44.6 Å². The van der Waals surface area contributed by atoms with Crippen molar-refractivity contribution in [1.82, 2.24) is 14.9 Å². The SMILES string of the molecule is Cc1nc(N[C@H]2CN3CCC2CC3)ncc1-c1ccc(C(F)(F)F)cc1F. The quantitative estimate of drug-likeness (QED) is 0.814. The zero-order valence-corrected chi connectivity index (χ0v) is 14.9. The van der Waals surface area contributed by atoms with E-state index in [2.05, 4.69) is 20.2 Å². The normalized spacial score (nSPS) is 24.9. The summed E-state index contributed by atoms with van der Waals surface area (Å²) in [6.45, 7) is 4.93. The van der Waals surface area contributed by atoms with E-state index in [-0.39, 0.29) is 5.56 Å². The van der Waals surface area contributed by atoms with Crippen molar-refractivity contribution in [2.75, 3.05) is 25.0 Å². The van der Waals surface area contributed by atoms with Crippen molar-refractivity contribution in [3.8, 4) is 11.1 Å². The van der Waals surface area contributed by atoms with Gasteiger partial charge in [-0.05, 0) is 50.9 Å². The highest BCUT2D eigenvalue weighted by atomic mass is 19.4. The van der Waals surface area contributed by atoms with E-state index < -0.39 is 17.6 Å². The molecule has 3 saturated heterocycles. The van der Waals surface area contributed by atoms with Gasteiger partial charge in [0, 0.05) is 29.9 Å². The second-order valence-electron chi connectivity index (χ2n) is 7.27. The summed E-state index contributed by atoms with van der Waals surface area (Å²) in [4.78, 5) is 11.1. The van der Waals surface area contributed by atoms with E-state index in [0.29, 0.717) is 35.2 Å². The summed E-state index contributed by atoms with van der Waals surface area (Å²) >= 11 is 0. The average molecular weight is 380 g/mol. The molecule has 1 aromatic heterocycles. The largest absolute Gasteiger partial charge is 0.416 e. The van der Waals surface area contributed by atoms with Gasteiger partial charge in [-0.25, -0.2) is 14.4 Å². The first-order valence-electron chi connectivity index (χ1n) is 9.01. The molecule has 4 nitrogen and oxygen atoms in total. The number of fused-ring (bicyclic) bond motifs is 3. The van der Waals surface area contributed by atoms with Crippen molar-refractivity contribution in [3.63, 3.8) is 0 Å². The number of anilines is 1. The molecule has 0 spiro atoms. The molecule has 0 radical (unpaired) electrons. The molecule has 5 rings (SSSR count). The Balaban J connectivity index is 1.55. The number of hydrogen-bond acceptors (Lipinski definition) is 4. The van der Waals surface area contributed by atoms with Crippen molar-refractivity contribution < 1.29 is 17.6 Å². The minimum atomic E-state index is -4.58. The molecule has 3 fully saturated rings. The fourth-order valence-electron chi connectivity index (χ4n) is 4.01. The maximum Gasteiger partial charge on any atom is 0.416 e. The average Bonchev–Trinajstić information content (AvgIpc) is 2.63. The molecule has 4 heterocycles. The minimum absolute atomic E-state index is 0.0647. The van der Waals surface area contributed by atoms with Gasteiger partial charge in [-0.2, -0.15) is 13.2 Å². The van der Waals surface area contributed by atoms with Crippen molar-refractivity contribution in [1.29, 1.82) is 0 Å². The van der Waals surface area contributed by atoms with Gasteiger partial charge in [-0.1, -0.05) is 6.07 Å². The zero-order valence-electron chi connectivity index (χ0n) is 14.9. The lowest BCUT2D eigenvalue weighted by molar-refractivity contribution is -0.137. The Morgan fingerprint density at radius 1 is 1.15 bits per heavy atom. The summed E-state index contributed by atoms with van der Waals surface area (Å²) in [5.41, 5.74) is -0.0361. The molecule has 3 aliphatic heterocycles. The Hall–Kier alpha value is -2.22. The molecule has 0 unspecified atom stereocenters. The van der Waals surface area contributed by atoms with E-state index in [4.69, 9.17) is 0 Å². The molecule has 3 aliphatic rings. The molecule has 2 bridgehead atoms.